The van der Waals surface area contributed by atoms with Gasteiger partial charge < -0.3 is 15.5 Å². The monoisotopic (exact) mass is 387 g/mol. The summed E-state index contributed by atoms with van der Waals surface area (Å²) in [4.78, 5) is 21.0. The van der Waals surface area contributed by atoms with Crippen LogP contribution in [-0.2, 0) is 11.3 Å². The SMILES string of the molecule is CCC1CCCCN1CCNC(=NC)NCCC(=O)N(C)Cc1ccccc1. The van der Waals surface area contributed by atoms with Crippen molar-refractivity contribution in [1.82, 2.24) is 20.4 Å². The number of benzene rings is 1. The lowest BCUT2D eigenvalue weighted by Gasteiger charge is -2.35. The van der Waals surface area contributed by atoms with Crippen LogP contribution in [0.25, 0.3) is 0 Å². The lowest BCUT2D eigenvalue weighted by atomic mass is 10.0. The molecule has 6 heteroatoms. The van der Waals surface area contributed by atoms with Crippen molar-refractivity contribution in [2.45, 2.75) is 51.6 Å². The molecule has 6 nitrogen and oxygen atoms in total. The average molecular weight is 388 g/mol. The number of aliphatic imine (C=N–C) groups is 1. The van der Waals surface area contributed by atoms with Gasteiger partial charge in [0.25, 0.3) is 0 Å². The van der Waals surface area contributed by atoms with E-state index in [4.69, 9.17) is 0 Å². The van der Waals surface area contributed by atoms with Gasteiger partial charge >= 0.3 is 0 Å². The predicted octanol–water partition coefficient (Wildman–Crippen LogP) is 2.46. The van der Waals surface area contributed by atoms with Crippen molar-refractivity contribution in [3.05, 3.63) is 35.9 Å². The Hall–Kier alpha value is -2.08. The largest absolute Gasteiger partial charge is 0.356 e. The van der Waals surface area contributed by atoms with Crippen LogP contribution in [0.5, 0.6) is 0 Å². The number of nitrogens with zero attached hydrogens (tertiary/aromatic N) is 3. The van der Waals surface area contributed by atoms with Crippen molar-refractivity contribution in [2.75, 3.05) is 40.3 Å². The maximum atomic E-state index is 12.3. The Labute approximate surface area is 170 Å². The number of piperidine rings is 1. The number of rotatable bonds is 9. The van der Waals surface area contributed by atoms with Crippen molar-refractivity contribution in [1.29, 1.82) is 0 Å². The van der Waals surface area contributed by atoms with Crippen LogP contribution in [0.2, 0.25) is 0 Å². The number of guanidine groups is 1. The third kappa shape index (κ3) is 7.50. The first-order chi connectivity index (χ1) is 13.6. The summed E-state index contributed by atoms with van der Waals surface area (Å²) in [6, 6.07) is 10.8. The van der Waals surface area contributed by atoms with E-state index < -0.39 is 0 Å². The molecule has 0 aromatic heterocycles. The Kier molecular flexibility index (Phi) is 9.83. The van der Waals surface area contributed by atoms with Gasteiger partial charge in [0.2, 0.25) is 5.91 Å². The number of likely N-dealkylation sites (tertiary alicyclic amines) is 1. The summed E-state index contributed by atoms with van der Waals surface area (Å²) < 4.78 is 0. The highest BCUT2D eigenvalue weighted by Crippen LogP contribution is 2.18. The van der Waals surface area contributed by atoms with E-state index >= 15 is 0 Å². The third-order valence-corrected chi connectivity index (χ3v) is 5.46. The van der Waals surface area contributed by atoms with Crippen molar-refractivity contribution in [3.63, 3.8) is 0 Å². The number of hydrogen-bond acceptors (Lipinski definition) is 3. The summed E-state index contributed by atoms with van der Waals surface area (Å²) in [5, 5.41) is 6.63. The van der Waals surface area contributed by atoms with E-state index in [1.165, 1.54) is 32.2 Å². The molecule has 1 amide bonds. The standard InChI is InChI=1S/C22H37N5O/c1-4-20-12-8-9-16-27(20)17-15-25-22(23-2)24-14-13-21(28)26(3)18-19-10-6-5-7-11-19/h5-7,10-11,20H,4,8-9,12-18H2,1-3H3,(H2,23,24,25). The molecule has 1 heterocycles. The molecule has 0 radical (unpaired) electrons. The first-order valence-corrected chi connectivity index (χ1v) is 10.6. The number of hydrogen-bond donors (Lipinski definition) is 2. The number of amides is 1. The van der Waals surface area contributed by atoms with Gasteiger partial charge in [-0.15, -0.1) is 0 Å². The quantitative estimate of drug-likeness (QED) is 0.505. The molecule has 0 bridgehead atoms. The van der Waals surface area contributed by atoms with Crippen LogP contribution in [-0.4, -0.2) is 68.0 Å². The molecule has 0 spiro atoms. The Morgan fingerprint density at radius 1 is 1.21 bits per heavy atom. The summed E-state index contributed by atoms with van der Waals surface area (Å²) in [6.45, 7) is 6.62. The zero-order valence-electron chi connectivity index (χ0n) is 17.8. The first kappa shape index (κ1) is 22.2. The first-order valence-electron chi connectivity index (χ1n) is 10.6. The summed E-state index contributed by atoms with van der Waals surface area (Å²) in [6.07, 6.45) is 5.67. The van der Waals surface area contributed by atoms with Crippen LogP contribution in [0.15, 0.2) is 35.3 Å². The van der Waals surface area contributed by atoms with Gasteiger partial charge in [-0.25, -0.2) is 0 Å². The molecule has 2 N–H and O–H groups in total. The van der Waals surface area contributed by atoms with Gasteiger partial charge in [0, 0.05) is 52.7 Å². The van der Waals surface area contributed by atoms with Crippen molar-refractivity contribution < 1.29 is 4.79 Å². The highest BCUT2D eigenvalue weighted by Gasteiger charge is 2.20. The van der Waals surface area contributed by atoms with E-state index in [9.17, 15) is 4.79 Å². The molecule has 1 saturated heterocycles. The normalized spacial score (nSPS) is 18.0. The van der Waals surface area contributed by atoms with Gasteiger partial charge in [-0.1, -0.05) is 43.7 Å². The van der Waals surface area contributed by atoms with Crippen LogP contribution in [0.3, 0.4) is 0 Å². The Morgan fingerprint density at radius 3 is 2.68 bits per heavy atom. The summed E-state index contributed by atoms with van der Waals surface area (Å²) in [7, 11) is 3.62. The molecule has 1 aromatic rings. The molecular formula is C22H37N5O. The number of carbonyl (C=O) groups is 1. The van der Waals surface area contributed by atoms with Crippen LogP contribution in [0, 0.1) is 0 Å². The van der Waals surface area contributed by atoms with Gasteiger partial charge in [0.15, 0.2) is 5.96 Å². The lowest BCUT2D eigenvalue weighted by molar-refractivity contribution is -0.130. The van der Waals surface area contributed by atoms with Crippen LogP contribution < -0.4 is 10.6 Å². The van der Waals surface area contributed by atoms with Crippen LogP contribution in [0.1, 0.15) is 44.6 Å². The van der Waals surface area contributed by atoms with Gasteiger partial charge in [-0.3, -0.25) is 14.7 Å². The zero-order chi connectivity index (χ0) is 20.2. The van der Waals surface area contributed by atoms with Crippen molar-refractivity contribution in [2.24, 2.45) is 4.99 Å². The highest BCUT2D eigenvalue weighted by molar-refractivity contribution is 5.81. The van der Waals surface area contributed by atoms with Gasteiger partial charge in [0.1, 0.15) is 0 Å². The minimum Gasteiger partial charge on any atom is -0.356 e. The maximum Gasteiger partial charge on any atom is 0.224 e. The lowest BCUT2D eigenvalue weighted by Crippen LogP contribution is -2.46. The van der Waals surface area contributed by atoms with E-state index in [1.54, 1.807) is 11.9 Å². The molecule has 0 saturated carbocycles. The minimum absolute atomic E-state index is 0.130. The molecule has 1 atom stereocenters. The predicted molar refractivity (Wildman–Crippen MR) is 116 cm³/mol. The fourth-order valence-corrected chi connectivity index (χ4v) is 3.78. The van der Waals surface area contributed by atoms with E-state index in [1.807, 2.05) is 37.4 Å². The third-order valence-electron chi connectivity index (χ3n) is 5.46. The van der Waals surface area contributed by atoms with Crippen LogP contribution >= 0.6 is 0 Å². The fraction of sp³-hybridized carbons (Fsp3) is 0.636. The molecule has 1 aliphatic rings. The fourth-order valence-electron chi connectivity index (χ4n) is 3.78. The second-order valence-corrected chi connectivity index (χ2v) is 7.50. The molecule has 0 aliphatic carbocycles. The van der Waals surface area contributed by atoms with Crippen LogP contribution in [0.4, 0.5) is 0 Å². The van der Waals surface area contributed by atoms with Gasteiger partial charge in [-0.05, 0) is 31.4 Å². The van der Waals surface area contributed by atoms with E-state index in [0.29, 0.717) is 19.5 Å². The van der Waals surface area contributed by atoms with E-state index in [2.05, 4.69) is 27.4 Å². The van der Waals surface area contributed by atoms with Crippen molar-refractivity contribution >= 4 is 11.9 Å². The average Bonchev–Trinajstić information content (AvgIpc) is 2.73. The minimum atomic E-state index is 0.130. The molecule has 2 rings (SSSR count). The summed E-state index contributed by atoms with van der Waals surface area (Å²) in [5.41, 5.74) is 1.15. The Bertz CT molecular complexity index is 604. The Balaban J connectivity index is 1.64. The van der Waals surface area contributed by atoms with Crippen molar-refractivity contribution in [3.8, 4) is 0 Å². The number of nitrogens with one attached hydrogen (secondary N) is 2. The summed E-state index contributed by atoms with van der Waals surface area (Å²) in [5.74, 6) is 0.898. The van der Waals surface area contributed by atoms with Gasteiger partial charge in [-0.2, -0.15) is 0 Å². The van der Waals surface area contributed by atoms with E-state index in [-0.39, 0.29) is 5.91 Å². The maximum absolute atomic E-state index is 12.3. The molecule has 1 aliphatic heterocycles. The smallest absolute Gasteiger partial charge is 0.224 e. The molecule has 28 heavy (non-hydrogen) atoms. The zero-order valence-corrected chi connectivity index (χ0v) is 17.8. The summed E-state index contributed by atoms with van der Waals surface area (Å²) >= 11 is 0. The second kappa shape index (κ2) is 12.4. The Morgan fingerprint density at radius 2 is 1.96 bits per heavy atom. The number of carbonyl (C=O) groups excluding carboxylic acids is 1. The molecule has 1 aromatic carbocycles. The van der Waals surface area contributed by atoms with E-state index in [0.717, 1.165) is 30.7 Å². The van der Waals surface area contributed by atoms with Gasteiger partial charge in [0.05, 0.1) is 0 Å². The molecule has 156 valence electrons. The second-order valence-electron chi connectivity index (χ2n) is 7.50. The highest BCUT2D eigenvalue weighted by atomic mass is 16.2. The molecule has 1 unspecified atom stereocenters. The topological polar surface area (TPSA) is 60.0 Å². The molecular weight excluding hydrogens is 350 g/mol. The molecule has 1 fully saturated rings.